The van der Waals surface area contributed by atoms with Crippen LogP contribution >= 0.6 is 0 Å². The van der Waals surface area contributed by atoms with Gasteiger partial charge >= 0.3 is 6.03 Å². The predicted molar refractivity (Wildman–Crippen MR) is 105 cm³/mol. The highest BCUT2D eigenvalue weighted by Crippen LogP contribution is 2.16. The molecule has 3 rings (SSSR count). The van der Waals surface area contributed by atoms with Crippen molar-refractivity contribution < 1.29 is 9.18 Å². The highest BCUT2D eigenvalue weighted by atomic mass is 19.1. The summed E-state index contributed by atoms with van der Waals surface area (Å²) in [6.07, 6.45) is 0.659. The van der Waals surface area contributed by atoms with Gasteiger partial charge in [-0.05, 0) is 43.7 Å². The van der Waals surface area contributed by atoms with E-state index in [1.165, 1.54) is 12.1 Å². The monoisotopic (exact) mass is 368 g/mol. The normalized spacial score (nSPS) is 10.9. The highest BCUT2D eigenvalue weighted by Gasteiger charge is 2.13. The van der Waals surface area contributed by atoms with Crippen LogP contribution in [0.2, 0.25) is 0 Å². The van der Waals surface area contributed by atoms with Crippen molar-refractivity contribution in [2.45, 2.75) is 33.4 Å². The third kappa shape index (κ3) is 4.45. The molecule has 0 unspecified atom stereocenters. The number of amides is 2. The zero-order valence-electron chi connectivity index (χ0n) is 15.8. The minimum Gasteiger partial charge on any atom is -0.338 e. The lowest BCUT2D eigenvalue weighted by atomic mass is 10.2. The van der Waals surface area contributed by atoms with Gasteiger partial charge in [-0.2, -0.15) is 0 Å². The Labute approximate surface area is 158 Å². The number of carbonyl (C=O) groups excluding carboxylic acids is 1. The van der Waals surface area contributed by atoms with E-state index in [-0.39, 0.29) is 11.8 Å². The van der Waals surface area contributed by atoms with Crippen LogP contribution in [0.4, 0.5) is 9.18 Å². The quantitative estimate of drug-likeness (QED) is 0.686. The van der Waals surface area contributed by atoms with Gasteiger partial charge in [0.1, 0.15) is 11.6 Å². The molecule has 0 spiro atoms. The van der Waals surface area contributed by atoms with Crippen molar-refractivity contribution in [1.29, 1.82) is 0 Å². The summed E-state index contributed by atoms with van der Waals surface area (Å²) in [6, 6.07) is 14.2. The maximum Gasteiger partial charge on any atom is 0.317 e. The molecule has 1 N–H and O–H groups in total. The lowest BCUT2D eigenvalue weighted by molar-refractivity contribution is 0.198. The Bertz CT molecular complexity index is 921. The Kier molecular flexibility index (Phi) is 6.06. The van der Waals surface area contributed by atoms with Crippen LogP contribution in [-0.2, 0) is 19.5 Å². The first-order chi connectivity index (χ1) is 13.1. The van der Waals surface area contributed by atoms with E-state index < -0.39 is 0 Å². The van der Waals surface area contributed by atoms with Gasteiger partial charge in [-0.1, -0.05) is 24.3 Å². The predicted octanol–water partition coefficient (Wildman–Crippen LogP) is 3.97. The Hall–Kier alpha value is -2.89. The lowest BCUT2D eigenvalue weighted by Crippen LogP contribution is -2.40. The SMILES string of the molecule is CCN(Cc1cccc(F)c1)C(=O)NCCc1nc2ccccc2n1CC. The molecular formula is C21H25FN4O. The molecule has 2 aromatic carbocycles. The second-order valence-electron chi connectivity index (χ2n) is 6.39. The zero-order valence-corrected chi connectivity index (χ0v) is 15.8. The van der Waals surface area contributed by atoms with Crippen molar-refractivity contribution in [3.63, 3.8) is 0 Å². The van der Waals surface area contributed by atoms with Gasteiger partial charge in [0.15, 0.2) is 0 Å². The molecule has 0 aliphatic rings. The molecular weight excluding hydrogens is 343 g/mol. The number of hydrogen-bond donors (Lipinski definition) is 1. The summed E-state index contributed by atoms with van der Waals surface area (Å²) in [6.45, 7) is 6.28. The maximum absolute atomic E-state index is 13.3. The fraction of sp³-hybridized carbons (Fsp3) is 0.333. The highest BCUT2D eigenvalue weighted by molar-refractivity contribution is 5.76. The van der Waals surface area contributed by atoms with Crippen LogP contribution in [0, 0.1) is 5.82 Å². The first kappa shape index (κ1) is 18.9. The summed E-state index contributed by atoms with van der Waals surface area (Å²) in [4.78, 5) is 18.8. The number of carbonyl (C=O) groups is 1. The second kappa shape index (κ2) is 8.66. The van der Waals surface area contributed by atoms with Crippen molar-refractivity contribution in [2.24, 2.45) is 0 Å². The van der Waals surface area contributed by atoms with Crippen LogP contribution < -0.4 is 5.32 Å². The molecule has 142 valence electrons. The minimum atomic E-state index is -0.289. The fourth-order valence-electron chi connectivity index (χ4n) is 3.25. The smallest absolute Gasteiger partial charge is 0.317 e. The standard InChI is InChI=1S/C21H25FN4O/c1-3-25(15-16-8-7-9-17(22)14-16)21(27)23-13-12-20-24-18-10-5-6-11-19(18)26(20)4-2/h5-11,14H,3-4,12-13,15H2,1-2H3,(H,23,27). The average Bonchev–Trinajstić information content (AvgIpc) is 3.03. The maximum atomic E-state index is 13.3. The number of benzene rings is 2. The van der Waals surface area contributed by atoms with Crippen LogP contribution in [0.5, 0.6) is 0 Å². The van der Waals surface area contributed by atoms with Gasteiger partial charge in [-0.25, -0.2) is 14.2 Å². The molecule has 1 aromatic heterocycles. The molecule has 0 aliphatic heterocycles. The number of imidazole rings is 1. The number of hydrogen-bond acceptors (Lipinski definition) is 2. The Morgan fingerprint density at radius 1 is 1.19 bits per heavy atom. The number of urea groups is 1. The molecule has 0 radical (unpaired) electrons. The molecule has 2 amide bonds. The Morgan fingerprint density at radius 2 is 2.00 bits per heavy atom. The first-order valence-corrected chi connectivity index (χ1v) is 9.33. The topological polar surface area (TPSA) is 50.2 Å². The summed E-state index contributed by atoms with van der Waals surface area (Å²) < 4.78 is 15.5. The number of rotatable bonds is 7. The van der Waals surface area contributed by atoms with Gasteiger partial charge in [0, 0.05) is 32.6 Å². The van der Waals surface area contributed by atoms with E-state index in [2.05, 4.69) is 27.9 Å². The van der Waals surface area contributed by atoms with E-state index >= 15 is 0 Å². The molecule has 27 heavy (non-hydrogen) atoms. The summed E-state index contributed by atoms with van der Waals surface area (Å²) in [5.41, 5.74) is 2.87. The van der Waals surface area contributed by atoms with Crippen LogP contribution in [0.15, 0.2) is 48.5 Å². The van der Waals surface area contributed by atoms with Crippen molar-refractivity contribution in [3.05, 3.63) is 65.7 Å². The summed E-state index contributed by atoms with van der Waals surface area (Å²) in [5, 5.41) is 2.95. The number of fused-ring (bicyclic) bond motifs is 1. The fourth-order valence-corrected chi connectivity index (χ4v) is 3.25. The van der Waals surface area contributed by atoms with Crippen LogP contribution in [-0.4, -0.2) is 33.6 Å². The number of nitrogens with zero attached hydrogens (tertiary/aromatic N) is 3. The molecule has 1 heterocycles. The number of halogens is 1. The summed E-state index contributed by atoms with van der Waals surface area (Å²) >= 11 is 0. The third-order valence-corrected chi connectivity index (χ3v) is 4.61. The Balaban J connectivity index is 1.60. The molecule has 6 heteroatoms. The lowest BCUT2D eigenvalue weighted by Gasteiger charge is -2.21. The van der Waals surface area contributed by atoms with Crippen molar-refractivity contribution >= 4 is 17.1 Å². The minimum absolute atomic E-state index is 0.152. The Morgan fingerprint density at radius 3 is 2.74 bits per heavy atom. The number of para-hydroxylation sites is 2. The second-order valence-corrected chi connectivity index (χ2v) is 6.39. The summed E-state index contributed by atoms with van der Waals surface area (Å²) in [5.74, 6) is 0.676. The van der Waals surface area contributed by atoms with Gasteiger partial charge in [-0.3, -0.25) is 0 Å². The molecule has 0 saturated heterocycles. The van der Waals surface area contributed by atoms with Crippen LogP contribution in [0.3, 0.4) is 0 Å². The molecule has 0 fully saturated rings. The van der Waals surface area contributed by atoms with Gasteiger partial charge in [-0.15, -0.1) is 0 Å². The largest absolute Gasteiger partial charge is 0.338 e. The third-order valence-electron chi connectivity index (χ3n) is 4.61. The van der Waals surface area contributed by atoms with Gasteiger partial charge in [0.25, 0.3) is 0 Å². The van der Waals surface area contributed by atoms with Crippen LogP contribution in [0.25, 0.3) is 11.0 Å². The molecule has 3 aromatic rings. The van der Waals surface area contributed by atoms with E-state index in [9.17, 15) is 9.18 Å². The molecule has 0 bridgehead atoms. The van der Waals surface area contributed by atoms with E-state index in [0.717, 1.165) is 29.0 Å². The van der Waals surface area contributed by atoms with Crippen molar-refractivity contribution in [2.75, 3.05) is 13.1 Å². The van der Waals surface area contributed by atoms with Gasteiger partial charge in [0.05, 0.1) is 11.0 Å². The first-order valence-electron chi connectivity index (χ1n) is 9.33. The van der Waals surface area contributed by atoms with Gasteiger partial charge < -0.3 is 14.8 Å². The number of aryl methyl sites for hydroxylation is 1. The average molecular weight is 368 g/mol. The summed E-state index contributed by atoms with van der Waals surface area (Å²) in [7, 11) is 0. The molecule has 0 atom stereocenters. The van der Waals surface area contributed by atoms with E-state index in [4.69, 9.17) is 0 Å². The number of aromatic nitrogens is 2. The van der Waals surface area contributed by atoms with Crippen molar-refractivity contribution in [1.82, 2.24) is 19.8 Å². The molecule has 5 nitrogen and oxygen atoms in total. The number of nitrogens with one attached hydrogen (secondary N) is 1. The zero-order chi connectivity index (χ0) is 19.2. The van der Waals surface area contributed by atoms with E-state index in [0.29, 0.717) is 26.1 Å². The van der Waals surface area contributed by atoms with Crippen molar-refractivity contribution in [3.8, 4) is 0 Å². The van der Waals surface area contributed by atoms with E-state index in [1.54, 1.807) is 11.0 Å². The van der Waals surface area contributed by atoms with Gasteiger partial charge in [0.2, 0.25) is 0 Å². The molecule has 0 aliphatic carbocycles. The van der Waals surface area contributed by atoms with Crippen LogP contribution in [0.1, 0.15) is 25.2 Å². The van der Waals surface area contributed by atoms with E-state index in [1.807, 2.05) is 31.2 Å². The molecule has 0 saturated carbocycles.